The monoisotopic (exact) mass is 292 g/mol. The summed E-state index contributed by atoms with van der Waals surface area (Å²) < 4.78 is 19.2. The van der Waals surface area contributed by atoms with Crippen molar-refractivity contribution < 1.29 is 9.13 Å². The summed E-state index contributed by atoms with van der Waals surface area (Å²) in [6.45, 7) is 6.87. The number of rotatable bonds is 5. The van der Waals surface area contributed by atoms with Crippen LogP contribution in [0.5, 0.6) is 0 Å². The van der Waals surface area contributed by atoms with Crippen LogP contribution < -0.4 is 10.2 Å². The van der Waals surface area contributed by atoms with Gasteiger partial charge in [0.1, 0.15) is 5.82 Å². The number of benzene rings is 1. The normalized spacial score (nSPS) is 25.1. The average Bonchev–Trinajstić information content (AvgIpc) is 2.89. The Labute approximate surface area is 126 Å². The van der Waals surface area contributed by atoms with Crippen molar-refractivity contribution in [2.45, 2.75) is 32.2 Å². The van der Waals surface area contributed by atoms with Crippen LogP contribution in [0.4, 0.5) is 10.1 Å². The van der Waals surface area contributed by atoms with Crippen LogP contribution in [0.3, 0.4) is 0 Å². The highest BCUT2D eigenvalue weighted by Gasteiger charge is 2.29. The molecule has 1 saturated heterocycles. The van der Waals surface area contributed by atoms with Gasteiger partial charge in [0.15, 0.2) is 0 Å². The highest BCUT2D eigenvalue weighted by Crippen LogP contribution is 2.30. The van der Waals surface area contributed by atoms with Crippen molar-refractivity contribution in [2.24, 2.45) is 5.92 Å². The second-order valence-electron chi connectivity index (χ2n) is 6.15. The van der Waals surface area contributed by atoms with Crippen LogP contribution in [-0.4, -0.2) is 38.9 Å². The average molecular weight is 292 g/mol. The van der Waals surface area contributed by atoms with E-state index >= 15 is 0 Å². The molecule has 0 amide bonds. The lowest BCUT2D eigenvalue weighted by Gasteiger charge is -2.35. The van der Waals surface area contributed by atoms with Gasteiger partial charge in [0.05, 0.1) is 6.61 Å². The molecule has 1 aromatic carbocycles. The molecule has 2 heterocycles. The van der Waals surface area contributed by atoms with Crippen molar-refractivity contribution in [3.63, 3.8) is 0 Å². The molecule has 0 spiro atoms. The SMILES string of the molecule is CCCNC1CCOCC1CN1CCc2ccc(F)cc21. The summed E-state index contributed by atoms with van der Waals surface area (Å²) in [5, 5.41) is 3.65. The van der Waals surface area contributed by atoms with Gasteiger partial charge >= 0.3 is 0 Å². The first-order valence-electron chi connectivity index (χ1n) is 8.12. The largest absolute Gasteiger partial charge is 0.381 e. The summed E-state index contributed by atoms with van der Waals surface area (Å²) in [5.41, 5.74) is 2.35. The molecule has 1 fully saturated rings. The van der Waals surface area contributed by atoms with Crippen LogP contribution in [0.2, 0.25) is 0 Å². The van der Waals surface area contributed by atoms with E-state index in [4.69, 9.17) is 4.74 Å². The maximum Gasteiger partial charge on any atom is 0.125 e. The van der Waals surface area contributed by atoms with E-state index in [1.54, 1.807) is 12.1 Å². The number of ether oxygens (including phenoxy) is 1. The molecule has 0 radical (unpaired) electrons. The van der Waals surface area contributed by atoms with Gasteiger partial charge in [0.2, 0.25) is 0 Å². The first-order valence-corrected chi connectivity index (χ1v) is 8.12. The van der Waals surface area contributed by atoms with E-state index in [9.17, 15) is 4.39 Å². The molecule has 0 bridgehead atoms. The third kappa shape index (κ3) is 3.38. The first kappa shape index (κ1) is 14.8. The zero-order valence-electron chi connectivity index (χ0n) is 12.8. The summed E-state index contributed by atoms with van der Waals surface area (Å²) >= 11 is 0. The number of hydrogen-bond donors (Lipinski definition) is 1. The Hall–Kier alpha value is -1.13. The van der Waals surface area contributed by atoms with Gasteiger partial charge < -0.3 is 15.0 Å². The van der Waals surface area contributed by atoms with Crippen molar-refractivity contribution >= 4 is 5.69 Å². The van der Waals surface area contributed by atoms with Crippen LogP contribution in [0, 0.1) is 11.7 Å². The van der Waals surface area contributed by atoms with Gasteiger partial charge in [0.25, 0.3) is 0 Å². The predicted octanol–water partition coefficient (Wildman–Crippen LogP) is 2.59. The maximum absolute atomic E-state index is 13.5. The number of nitrogens with zero attached hydrogens (tertiary/aromatic N) is 1. The molecular weight excluding hydrogens is 267 g/mol. The molecule has 21 heavy (non-hydrogen) atoms. The molecule has 3 nitrogen and oxygen atoms in total. The summed E-state index contributed by atoms with van der Waals surface area (Å²) in [5.74, 6) is 0.348. The summed E-state index contributed by atoms with van der Waals surface area (Å²) in [7, 11) is 0. The lowest BCUT2D eigenvalue weighted by Crippen LogP contribution is -2.47. The molecule has 3 rings (SSSR count). The predicted molar refractivity (Wildman–Crippen MR) is 83.3 cm³/mol. The second-order valence-corrected chi connectivity index (χ2v) is 6.15. The molecule has 116 valence electrons. The van der Waals surface area contributed by atoms with E-state index < -0.39 is 0 Å². The number of hydrogen-bond acceptors (Lipinski definition) is 3. The van der Waals surface area contributed by atoms with Gasteiger partial charge in [-0.1, -0.05) is 13.0 Å². The molecule has 1 N–H and O–H groups in total. The van der Waals surface area contributed by atoms with Crippen molar-refractivity contribution in [1.82, 2.24) is 5.32 Å². The van der Waals surface area contributed by atoms with Crippen molar-refractivity contribution in [1.29, 1.82) is 0 Å². The molecule has 2 atom stereocenters. The van der Waals surface area contributed by atoms with Crippen LogP contribution in [-0.2, 0) is 11.2 Å². The number of anilines is 1. The molecule has 2 aliphatic rings. The van der Waals surface area contributed by atoms with Gasteiger partial charge in [0, 0.05) is 37.3 Å². The lowest BCUT2D eigenvalue weighted by molar-refractivity contribution is 0.0349. The van der Waals surface area contributed by atoms with E-state index in [-0.39, 0.29) is 5.82 Å². The van der Waals surface area contributed by atoms with Gasteiger partial charge in [-0.15, -0.1) is 0 Å². The Bertz CT molecular complexity index is 480. The van der Waals surface area contributed by atoms with Crippen molar-refractivity contribution in [3.8, 4) is 0 Å². The molecule has 2 aliphatic heterocycles. The van der Waals surface area contributed by atoms with Crippen LogP contribution in [0.1, 0.15) is 25.3 Å². The number of nitrogens with one attached hydrogen (secondary N) is 1. The van der Waals surface area contributed by atoms with Gasteiger partial charge in [-0.2, -0.15) is 0 Å². The molecule has 1 aromatic rings. The van der Waals surface area contributed by atoms with Crippen molar-refractivity contribution in [2.75, 3.05) is 37.7 Å². The van der Waals surface area contributed by atoms with E-state index in [0.717, 1.165) is 57.8 Å². The topological polar surface area (TPSA) is 24.5 Å². The van der Waals surface area contributed by atoms with E-state index in [0.29, 0.717) is 12.0 Å². The zero-order chi connectivity index (χ0) is 14.7. The molecule has 4 heteroatoms. The Morgan fingerprint density at radius 2 is 2.33 bits per heavy atom. The van der Waals surface area contributed by atoms with E-state index in [2.05, 4.69) is 17.1 Å². The molecule has 0 aliphatic carbocycles. The number of fused-ring (bicyclic) bond motifs is 1. The Morgan fingerprint density at radius 3 is 3.19 bits per heavy atom. The van der Waals surface area contributed by atoms with Gasteiger partial charge in [-0.05, 0) is 43.5 Å². The minimum Gasteiger partial charge on any atom is -0.381 e. The molecular formula is C17H25FN2O. The fourth-order valence-corrected chi connectivity index (χ4v) is 3.47. The fourth-order valence-electron chi connectivity index (χ4n) is 3.47. The zero-order valence-corrected chi connectivity index (χ0v) is 12.8. The second kappa shape index (κ2) is 6.75. The molecule has 0 saturated carbocycles. The quantitative estimate of drug-likeness (QED) is 0.903. The first-order chi connectivity index (χ1) is 10.3. The van der Waals surface area contributed by atoms with Gasteiger partial charge in [-0.3, -0.25) is 0 Å². The van der Waals surface area contributed by atoms with Crippen LogP contribution in [0.25, 0.3) is 0 Å². The molecule has 2 unspecified atom stereocenters. The third-order valence-corrected chi connectivity index (χ3v) is 4.62. The summed E-state index contributed by atoms with van der Waals surface area (Å²) in [6, 6.07) is 5.70. The smallest absolute Gasteiger partial charge is 0.125 e. The fraction of sp³-hybridized carbons (Fsp3) is 0.647. The van der Waals surface area contributed by atoms with Crippen LogP contribution >= 0.6 is 0 Å². The van der Waals surface area contributed by atoms with E-state index in [1.807, 2.05) is 6.07 Å². The minimum absolute atomic E-state index is 0.138. The Kier molecular flexibility index (Phi) is 4.76. The molecule has 0 aromatic heterocycles. The number of halogens is 1. The Morgan fingerprint density at radius 1 is 1.43 bits per heavy atom. The third-order valence-electron chi connectivity index (χ3n) is 4.62. The standard InChI is InChI=1S/C17H25FN2O/c1-2-7-19-16-6-9-21-12-14(16)11-20-8-5-13-3-4-15(18)10-17(13)20/h3-4,10,14,16,19H,2,5-9,11-12H2,1H3. The highest BCUT2D eigenvalue weighted by atomic mass is 19.1. The minimum atomic E-state index is -0.138. The van der Waals surface area contributed by atoms with Crippen molar-refractivity contribution in [3.05, 3.63) is 29.6 Å². The van der Waals surface area contributed by atoms with Crippen LogP contribution in [0.15, 0.2) is 18.2 Å². The highest BCUT2D eigenvalue weighted by molar-refractivity contribution is 5.58. The van der Waals surface area contributed by atoms with Gasteiger partial charge in [-0.25, -0.2) is 4.39 Å². The maximum atomic E-state index is 13.5. The summed E-state index contributed by atoms with van der Waals surface area (Å²) in [4.78, 5) is 2.33. The lowest BCUT2D eigenvalue weighted by atomic mass is 9.95. The Balaban J connectivity index is 1.67. The summed E-state index contributed by atoms with van der Waals surface area (Å²) in [6.07, 6.45) is 3.26. The van der Waals surface area contributed by atoms with E-state index in [1.165, 1.54) is 5.56 Å².